The van der Waals surface area contributed by atoms with Crippen LogP contribution in [0.4, 0.5) is 0 Å². The molecule has 0 amide bonds. The van der Waals surface area contributed by atoms with Gasteiger partial charge in [0.05, 0.1) is 0 Å². The molecule has 0 radical (unpaired) electrons. The molecule has 0 saturated carbocycles. The molecule has 1 nitrogen and oxygen atoms in total. The molecule has 54 valence electrons. The van der Waals surface area contributed by atoms with Crippen LogP contribution in [0.25, 0.3) is 0 Å². The van der Waals surface area contributed by atoms with Crippen molar-refractivity contribution in [1.82, 2.24) is 0 Å². The van der Waals surface area contributed by atoms with Gasteiger partial charge in [0.25, 0.3) is 0 Å². The third-order valence-corrected chi connectivity index (χ3v) is 0.512. The van der Waals surface area contributed by atoms with Crippen molar-refractivity contribution in [2.45, 2.75) is 19.8 Å². The molecule has 1 N–H and O–H groups in total. The molecule has 0 fully saturated rings. The van der Waals surface area contributed by atoms with Gasteiger partial charge in [-0.25, -0.2) is 0 Å². The van der Waals surface area contributed by atoms with Crippen molar-refractivity contribution in [2.75, 3.05) is 12.4 Å². The van der Waals surface area contributed by atoms with E-state index in [4.69, 9.17) is 5.11 Å². The first-order valence-corrected chi connectivity index (χ1v) is 3.99. The van der Waals surface area contributed by atoms with Gasteiger partial charge in [0.2, 0.25) is 0 Å². The molecule has 0 rings (SSSR count). The standard InChI is InChI=1S/C4H10O.CH3Br.2Mg.4H/c1-2-3-4-5;1-2;;;;;;/h5H,2-4H2,1H3;1H3;;;;;;/q;;2*+2;4*-1. The first-order chi connectivity index (χ1) is 3.41. The Kier molecular flexibility index (Phi) is 81.0. The number of halogens is 1. The molecular formula is C5H17BrMg2O. The number of alkyl halides is 1. The molecule has 4 heteroatoms. The summed E-state index contributed by atoms with van der Waals surface area (Å²) in [6, 6.07) is 0. The Labute approximate surface area is 104 Å². The van der Waals surface area contributed by atoms with Gasteiger partial charge in [-0.2, -0.15) is 0 Å². The van der Waals surface area contributed by atoms with Crippen LogP contribution in [0.2, 0.25) is 0 Å². The smallest absolute Gasteiger partial charge is 1.00 e. The van der Waals surface area contributed by atoms with E-state index in [0.29, 0.717) is 6.61 Å². The first kappa shape index (κ1) is 22.4. The third kappa shape index (κ3) is 40.2. The number of aliphatic hydroxyl groups is 1. The summed E-state index contributed by atoms with van der Waals surface area (Å²) in [5, 5.41) is 8.07. The summed E-state index contributed by atoms with van der Waals surface area (Å²) in [5.74, 6) is 1.81. The Balaban J connectivity index is -0.00000000492. The van der Waals surface area contributed by atoms with Crippen LogP contribution in [0.5, 0.6) is 0 Å². The van der Waals surface area contributed by atoms with E-state index in [2.05, 4.69) is 22.9 Å². The zero-order valence-electron chi connectivity index (χ0n) is 10.4. The van der Waals surface area contributed by atoms with Gasteiger partial charge in [-0.3, -0.25) is 0 Å². The fourth-order valence-corrected chi connectivity index (χ4v) is 0.158. The maximum Gasteiger partial charge on any atom is 2.00 e. The average molecular weight is 222 g/mol. The molecule has 0 spiro atoms. The fourth-order valence-electron chi connectivity index (χ4n) is 0.158. The summed E-state index contributed by atoms with van der Waals surface area (Å²) in [6.45, 7) is 2.40. The van der Waals surface area contributed by atoms with Crippen LogP contribution in [0.15, 0.2) is 0 Å². The second kappa shape index (κ2) is 32.5. The van der Waals surface area contributed by atoms with Gasteiger partial charge in [0.1, 0.15) is 0 Å². The average Bonchev–Trinajstić information content (AvgIpc) is 1.75. The quantitative estimate of drug-likeness (QED) is 0.553. The van der Waals surface area contributed by atoms with Crippen LogP contribution >= 0.6 is 15.9 Å². The van der Waals surface area contributed by atoms with Crippen LogP contribution in [0, 0.1) is 0 Å². The van der Waals surface area contributed by atoms with Crippen molar-refractivity contribution >= 4 is 62.0 Å². The van der Waals surface area contributed by atoms with Crippen LogP contribution in [0.3, 0.4) is 0 Å². The molecule has 9 heavy (non-hydrogen) atoms. The second-order valence-corrected chi connectivity index (χ2v) is 1.08. The minimum atomic E-state index is 0. The topological polar surface area (TPSA) is 20.2 Å². The molecule has 0 atom stereocenters. The summed E-state index contributed by atoms with van der Waals surface area (Å²) in [7, 11) is 0. The molecule has 0 aliphatic carbocycles. The van der Waals surface area contributed by atoms with E-state index in [1.165, 1.54) is 0 Å². The molecule has 0 aromatic heterocycles. The van der Waals surface area contributed by atoms with Gasteiger partial charge in [0, 0.05) is 6.61 Å². The molecular weight excluding hydrogens is 205 g/mol. The molecule has 0 aliphatic heterocycles. The molecule has 0 bridgehead atoms. The molecule has 0 aliphatic rings. The van der Waals surface area contributed by atoms with E-state index in [9.17, 15) is 0 Å². The van der Waals surface area contributed by atoms with Gasteiger partial charge in [0.15, 0.2) is 0 Å². The summed E-state index contributed by atoms with van der Waals surface area (Å²) in [5.41, 5.74) is 0. The van der Waals surface area contributed by atoms with E-state index in [0.717, 1.165) is 12.8 Å². The predicted octanol–water partition coefficient (Wildman–Crippen LogP) is 1.48. The van der Waals surface area contributed by atoms with Crippen LogP contribution in [0.1, 0.15) is 25.5 Å². The normalized spacial score (nSPS) is 5.33. The summed E-state index contributed by atoms with van der Waals surface area (Å²) >= 11 is 2.94. The molecule has 0 aromatic carbocycles. The number of hydrogen-bond donors (Lipinski definition) is 1. The summed E-state index contributed by atoms with van der Waals surface area (Å²) < 4.78 is 0. The van der Waals surface area contributed by atoms with Crippen molar-refractivity contribution in [2.24, 2.45) is 0 Å². The van der Waals surface area contributed by atoms with E-state index < -0.39 is 0 Å². The Morgan fingerprint density at radius 2 is 1.67 bits per heavy atom. The molecule has 0 saturated heterocycles. The van der Waals surface area contributed by atoms with Gasteiger partial charge in [-0.1, -0.05) is 29.3 Å². The monoisotopic (exact) mass is 220 g/mol. The third-order valence-electron chi connectivity index (χ3n) is 0.512. The van der Waals surface area contributed by atoms with E-state index in [1.54, 1.807) is 0 Å². The number of unbranched alkanes of at least 4 members (excludes halogenated alkanes) is 1. The Morgan fingerprint density at radius 1 is 1.33 bits per heavy atom. The summed E-state index contributed by atoms with van der Waals surface area (Å²) in [4.78, 5) is 0. The minimum absolute atomic E-state index is 0. The van der Waals surface area contributed by atoms with E-state index in [1.807, 2.05) is 5.83 Å². The van der Waals surface area contributed by atoms with Crippen molar-refractivity contribution in [1.29, 1.82) is 0 Å². The largest absolute Gasteiger partial charge is 2.00 e. The SMILES string of the molecule is CBr.CCCCO.[H-].[H-].[H-].[H-].[Mg+2].[Mg+2]. The Hall–Kier alpha value is 1.97. The zero-order valence-corrected chi connectivity index (χ0v) is 10.8. The van der Waals surface area contributed by atoms with Gasteiger partial charge in [-0.15, -0.1) is 0 Å². The van der Waals surface area contributed by atoms with Crippen molar-refractivity contribution in [3.8, 4) is 0 Å². The Bertz CT molecular complexity index is 34.0. The Morgan fingerprint density at radius 3 is 1.67 bits per heavy atom. The molecule has 0 aromatic rings. The van der Waals surface area contributed by atoms with Crippen LogP contribution in [-0.4, -0.2) is 63.7 Å². The number of rotatable bonds is 2. The first-order valence-electron chi connectivity index (χ1n) is 2.40. The van der Waals surface area contributed by atoms with Gasteiger partial charge in [-0.05, 0) is 12.3 Å². The molecule has 0 unspecified atom stereocenters. The number of aliphatic hydroxyl groups excluding tert-OH is 1. The molecule has 0 heterocycles. The predicted molar refractivity (Wildman–Crippen MR) is 52.8 cm³/mol. The van der Waals surface area contributed by atoms with Gasteiger partial charge >= 0.3 is 46.1 Å². The zero-order chi connectivity index (χ0) is 6.12. The van der Waals surface area contributed by atoms with Crippen molar-refractivity contribution in [3.63, 3.8) is 0 Å². The van der Waals surface area contributed by atoms with E-state index in [-0.39, 0.29) is 51.8 Å². The van der Waals surface area contributed by atoms with E-state index >= 15 is 0 Å². The second-order valence-electron chi connectivity index (χ2n) is 1.08. The van der Waals surface area contributed by atoms with Crippen LogP contribution < -0.4 is 0 Å². The maximum atomic E-state index is 8.07. The summed E-state index contributed by atoms with van der Waals surface area (Å²) in [6.07, 6.45) is 2.04. The van der Waals surface area contributed by atoms with Gasteiger partial charge < -0.3 is 10.8 Å². The van der Waals surface area contributed by atoms with Crippen molar-refractivity contribution in [3.05, 3.63) is 0 Å². The van der Waals surface area contributed by atoms with Crippen molar-refractivity contribution < 1.29 is 10.8 Å². The maximum absolute atomic E-state index is 8.07. The fraction of sp³-hybridized carbons (Fsp3) is 1.00. The van der Waals surface area contributed by atoms with Crippen LogP contribution in [-0.2, 0) is 0 Å². The number of hydrogen-bond acceptors (Lipinski definition) is 1. The minimum Gasteiger partial charge on any atom is -1.00 e.